The zero-order valence-electron chi connectivity index (χ0n) is 10.9. The Morgan fingerprint density at radius 1 is 1.44 bits per heavy atom. The predicted octanol–water partition coefficient (Wildman–Crippen LogP) is 0.619. The van der Waals surface area contributed by atoms with E-state index in [1.54, 1.807) is 6.92 Å². The molecule has 1 heterocycles. The van der Waals surface area contributed by atoms with Crippen LogP contribution in [0.4, 0.5) is 0 Å². The first-order chi connectivity index (χ1) is 7.21. The van der Waals surface area contributed by atoms with Crippen LogP contribution in [0.15, 0.2) is 0 Å². The topological polar surface area (TPSA) is 52.9 Å². The molecule has 2 atom stereocenters. The van der Waals surface area contributed by atoms with Gasteiger partial charge in [-0.1, -0.05) is 0 Å². The molecule has 1 saturated heterocycles. The average molecular weight is 231 g/mol. The Bertz CT molecular complexity index is 223. The molecule has 1 rings (SSSR count). The van der Waals surface area contributed by atoms with E-state index in [1.165, 1.54) is 0 Å². The summed E-state index contributed by atoms with van der Waals surface area (Å²) < 4.78 is 5.63. The molecule has 1 aliphatic rings. The normalized spacial score (nSPS) is 33.0. The van der Waals surface area contributed by atoms with E-state index in [1.807, 2.05) is 20.8 Å². The van der Waals surface area contributed by atoms with Crippen molar-refractivity contribution in [3.63, 3.8) is 0 Å². The first-order valence-corrected chi connectivity index (χ1v) is 5.97. The first kappa shape index (κ1) is 13.9. The van der Waals surface area contributed by atoms with Gasteiger partial charge in [-0.15, -0.1) is 0 Å². The Kier molecular flexibility index (Phi) is 4.35. The van der Waals surface area contributed by atoms with Crippen molar-refractivity contribution in [2.75, 3.05) is 26.2 Å². The van der Waals surface area contributed by atoms with Gasteiger partial charge in [-0.2, -0.15) is 0 Å². The van der Waals surface area contributed by atoms with Crippen LogP contribution in [0.5, 0.6) is 0 Å². The highest BCUT2D eigenvalue weighted by atomic mass is 16.5. The van der Waals surface area contributed by atoms with Crippen molar-refractivity contribution in [3.8, 4) is 0 Å². The van der Waals surface area contributed by atoms with Gasteiger partial charge >= 0.3 is 0 Å². The van der Waals surface area contributed by atoms with Crippen LogP contribution in [-0.4, -0.2) is 58.7 Å². The van der Waals surface area contributed by atoms with E-state index in [0.717, 1.165) is 13.1 Å². The third-order valence-corrected chi connectivity index (χ3v) is 3.03. The van der Waals surface area contributed by atoms with Gasteiger partial charge in [0, 0.05) is 19.6 Å². The molecule has 4 heteroatoms. The Labute approximate surface area is 98.2 Å². The summed E-state index contributed by atoms with van der Waals surface area (Å²) in [6.07, 6.45) is -0.0418. The van der Waals surface area contributed by atoms with Crippen LogP contribution in [0.1, 0.15) is 34.1 Å². The molecule has 0 unspecified atom stereocenters. The molecule has 2 N–H and O–H groups in total. The van der Waals surface area contributed by atoms with E-state index in [2.05, 4.69) is 4.90 Å². The molecule has 1 fully saturated rings. The predicted molar refractivity (Wildman–Crippen MR) is 63.4 cm³/mol. The second-order valence-corrected chi connectivity index (χ2v) is 5.88. The second kappa shape index (κ2) is 5.00. The Balaban J connectivity index is 2.26. The van der Waals surface area contributed by atoms with Crippen molar-refractivity contribution in [2.45, 2.75) is 51.4 Å². The van der Waals surface area contributed by atoms with Crippen LogP contribution in [-0.2, 0) is 4.74 Å². The third kappa shape index (κ3) is 4.37. The van der Waals surface area contributed by atoms with Crippen LogP contribution in [0.2, 0.25) is 0 Å². The monoisotopic (exact) mass is 231 g/mol. The molecule has 0 aromatic rings. The minimum absolute atomic E-state index is 0.111. The van der Waals surface area contributed by atoms with Crippen molar-refractivity contribution in [3.05, 3.63) is 0 Å². The standard InChI is InChI=1S/C12H25NO3/c1-11(2,3)16-8-7-13-6-5-12(4,15)10(14)9-13/h10,14-15H,5-9H2,1-4H3/t10-,12+/m1/s1. The summed E-state index contributed by atoms with van der Waals surface area (Å²) in [6, 6.07) is 0. The van der Waals surface area contributed by atoms with Crippen molar-refractivity contribution in [1.29, 1.82) is 0 Å². The van der Waals surface area contributed by atoms with Gasteiger partial charge in [-0.3, -0.25) is 4.90 Å². The van der Waals surface area contributed by atoms with E-state index < -0.39 is 11.7 Å². The van der Waals surface area contributed by atoms with Gasteiger partial charge < -0.3 is 14.9 Å². The lowest BCUT2D eigenvalue weighted by atomic mass is 9.91. The van der Waals surface area contributed by atoms with Crippen LogP contribution < -0.4 is 0 Å². The minimum atomic E-state index is -0.929. The third-order valence-electron chi connectivity index (χ3n) is 3.03. The van der Waals surface area contributed by atoms with Crippen LogP contribution in [0.3, 0.4) is 0 Å². The van der Waals surface area contributed by atoms with E-state index in [0.29, 0.717) is 19.6 Å². The smallest absolute Gasteiger partial charge is 0.0951 e. The van der Waals surface area contributed by atoms with Gasteiger partial charge in [0.2, 0.25) is 0 Å². The van der Waals surface area contributed by atoms with Crippen LogP contribution >= 0.6 is 0 Å². The van der Waals surface area contributed by atoms with Gasteiger partial charge in [0.15, 0.2) is 0 Å². The molecule has 96 valence electrons. The molecule has 1 aliphatic heterocycles. The zero-order chi connectivity index (χ0) is 12.4. The molecule has 0 aromatic heterocycles. The molecule has 0 aromatic carbocycles. The molecule has 0 radical (unpaired) electrons. The zero-order valence-corrected chi connectivity index (χ0v) is 10.9. The summed E-state index contributed by atoms with van der Waals surface area (Å²) >= 11 is 0. The lowest BCUT2D eigenvalue weighted by Crippen LogP contribution is -2.54. The summed E-state index contributed by atoms with van der Waals surface area (Å²) in [5.74, 6) is 0. The highest BCUT2D eigenvalue weighted by Gasteiger charge is 2.36. The van der Waals surface area contributed by atoms with Gasteiger partial charge in [0.05, 0.1) is 23.9 Å². The summed E-state index contributed by atoms with van der Waals surface area (Å²) in [7, 11) is 0. The van der Waals surface area contributed by atoms with Crippen molar-refractivity contribution < 1.29 is 14.9 Å². The number of likely N-dealkylation sites (tertiary alicyclic amines) is 1. The summed E-state index contributed by atoms with van der Waals surface area (Å²) in [6.45, 7) is 10.6. The number of piperidine rings is 1. The van der Waals surface area contributed by atoms with Gasteiger partial charge in [-0.05, 0) is 34.1 Å². The average Bonchev–Trinajstić information content (AvgIpc) is 2.09. The van der Waals surface area contributed by atoms with Crippen LogP contribution in [0.25, 0.3) is 0 Å². The van der Waals surface area contributed by atoms with Crippen LogP contribution in [0, 0.1) is 0 Å². The second-order valence-electron chi connectivity index (χ2n) is 5.88. The molecular weight excluding hydrogens is 206 g/mol. The molecular formula is C12H25NO3. The fraction of sp³-hybridized carbons (Fsp3) is 1.00. The van der Waals surface area contributed by atoms with Crippen molar-refractivity contribution in [2.24, 2.45) is 0 Å². The quantitative estimate of drug-likeness (QED) is 0.747. The number of nitrogens with zero attached hydrogens (tertiary/aromatic N) is 1. The maximum atomic E-state index is 9.81. The molecule has 16 heavy (non-hydrogen) atoms. The number of β-amino-alcohol motifs (C(OH)–C–C–N with tert-alkyl or cyclic N) is 1. The van der Waals surface area contributed by atoms with E-state index in [4.69, 9.17) is 4.74 Å². The number of hydrogen-bond acceptors (Lipinski definition) is 4. The number of ether oxygens (including phenoxy) is 1. The summed E-state index contributed by atoms with van der Waals surface area (Å²) in [4.78, 5) is 2.13. The van der Waals surface area contributed by atoms with Crippen molar-refractivity contribution in [1.82, 2.24) is 4.90 Å². The van der Waals surface area contributed by atoms with E-state index in [-0.39, 0.29) is 5.60 Å². The summed E-state index contributed by atoms with van der Waals surface area (Å²) in [5, 5.41) is 19.5. The molecule has 4 nitrogen and oxygen atoms in total. The van der Waals surface area contributed by atoms with Crippen molar-refractivity contribution >= 4 is 0 Å². The number of hydrogen-bond donors (Lipinski definition) is 2. The Hall–Kier alpha value is -0.160. The largest absolute Gasteiger partial charge is 0.389 e. The Morgan fingerprint density at radius 3 is 2.56 bits per heavy atom. The minimum Gasteiger partial charge on any atom is -0.389 e. The molecule has 0 amide bonds. The highest BCUT2D eigenvalue weighted by molar-refractivity contribution is 4.89. The fourth-order valence-electron chi connectivity index (χ4n) is 1.77. The number of aliphatic hydroxyl groups excluding tert-OH is 1. The molecule has 0 spiro atoms. The summed E-state index contributed by atoms with van der Waals surface area (Å²) in [5.41, 5.74) is -1.04. The van der Waals surface area contributed by atoms with Gasteiger partial charge in [-0.25, -0.2) is 0 Å². The highest BCUT2D eigenvalue weighted by Crippen LogP contribution is 2.21. The molecule has 0 bridgehead atoms. The Morgan fingerprint density at radius 2 is 2.06 bits per heavy atom. The fourth-order valence-corrected chi connectivity index (χ4v) is 1.77. The number of rotatable bonds is 3. The maximum absolute atomic E-state index is 9.81. The molecule has 0 saturated carbocycles. The lowest BCUT2D eigenvalue weighted by Gasteiger charge is -2.40. The van der Waals surface area contributed by atoms with Gasteiger partial charge in [0.25, 0.3) is 0 Å². The lowest BCUT2D eigenvalue weighted by molar-refractivity contribution is -0.112. The first-order valence-electron chi connectivity index (χ1n) is 5.97. The maximum Gasteiger partial charge on any atom is 0.0951 e. The number of aliphatic hydroxyl groups is 2. The SMILES string of the molecule is CC(C)(C)OCCN1CC[C@](C)(O)[C@H](O)C1. The molecule has 0 aliphatic carbocycles. The van der Waals surface area contributed by atoms with Gasteiger partial charge in [0.1, 0.15) is 0 Å². The van der Waals surface area contributed by atoms with E-state index in [9.17, 15) is 10.2 Å². The van der Waals surface area contributed by atoms with E-state index >= 15 is 0 Å².